The largest absolute Gasteiger partial charge is 0.496 e. The van der Waals surface area contributed by atoms with Crippen LogP contribution < -0.4 is 9.47 Å². The number of rotatable bonds is 5. The molecule has 0 aliphatic carbocycles. The Hall–Kier alpha value is -3.35. The van der Waals surface area contributed by atoms with Gasteiger partial charge in [0, 0.05) is 33.4 Å². The highest BCUT2D eigenvalue weighted by molar-refractivity contribution is 7.92. The molecule has 4 nitrogen and oxygen atoms in total. The zero-order valence-electron chi connectivity index (χ0n) is 17.6. The highest BCUT2D eigenvalue weighted by Gasteiger charge is 2.35. The smallest absolute Gasteiger partial charge is 0.215 e. The first-order valence-electron chi connectivity index (χ1n) is 10.0. The van der Waals surface area contributed by atoms with Crippen molar-refractivity contribution in [3.05, 3.63) is 91.0 Å². The van der Waals surface area contributed by atoms with Gasteiger partial charge in [0.15, 0.2) is 14.3 Å². The van der Waals surface area contributed by atoms with E-state index < -0.39 is 20.3 Å². The Balaban J connectivity index is 1.97. The minimum atomic E-state index is -3.85. The highest BCUT2D eigenvalue weighted by Crippen LogP contribution is 2.53. The lowest BCUT2D eigenvalue weighted by Crippen LogP contribution is -2.06. The molecule has 0 saturated carbocycles. The lowest BCUT2D eigenvalue weighted by Gasteiger charge is -2.13. The number of thiophene rings is 1. The Morgan fingerprint density at radius 3 is 1.81 bits per heavy atom. The van der Waals surface area contributed by atoms with Gasteiger partial charge in [0.25, 0.3) is 0 Å². The minimum absolute atomic E-state index is 0.182. The van der Waals surface area contributed by atoms with Crippen molar-refractivity contribution in [3.63, 3.8) is 0 Å². The average molecular weight is 462 g/mol. The highest BCUT2D eigenvalue weighted by atomic mass is 32.2. The number of hydrogen-bond acceptors (Lipinski definition) is 4. The molecule has 0 aliphatic heterocycles. The van der Waals surface area contributed by atoms with Crippen molar-refractivity contribution in [3.8, 4) is 16.4 Å². The summed E-state index contributed by atoms with van der Waals surface area (Å²) >= 11 is 0. The van der Waals surface area contributed by atoms with Gasteiger partial charge in [-0.1, -0.05) is 42.5 Å². The van der Waals surface area contributed by atoms with Gasteiger partial charge in [0.2, 0.25) is 14.7 Å². The summed E-state index contributed by atoms with van der Waals surface area (Å²) in [5, 5.41) is 2.24. The third-order valence-electron chi connectivity index (χ3n) is 5.50. The first-order chi connectivity index (χ1) is 15.6. The van der Waals surface area contributed by atoms with Crippen LogP contribution in [0.25, 0.3) is 25.1 Å². The van der Waals surface area contributed by atoms with E-state index in [4.69, 9.17) is 9.47 Å². The van der Waals surface area contributed by atoms with Gasteiger partial charge in [-0.3, -0.25) is 0 Å². The number of sulfone groups is 1. The van der Waals surface area contributed by atoms with Gasteiger partial charge in [-0.15, -0.1) is 0 Å². The van der Waals surface area contributed by atoms with E-state index in [-0.39, 0.29) is 15.5 Å². The number of fused-ring (bicyclic) bond motifs is 3. The average Bonchev–Trinajstić information content (AvgIpc) is 3.18. The van der Waals surface area contributed by atoms with Crippen molar-refractivity contribution in [1.82, 2.24) is 0 Å². The molecule has 0 fully saturated rings. The van der Waals surface area contributed by atoms with Gasteiger partial charge < -0.3 is 9.47 Å². The van der Waals surface area contributed by atoms with Crippen molar-refractivity contribution in [2.75, 3.05) is 14.2 Å². The van der Waals surface area contributed by atoms with Crippen LogP contribution in [0.1, 0.15) is 0 Å². The van der Waals surface area contributed by atoms with Gasteiger partial charge in [-0.25, -0.2) is 8.42 Å². The fourth-order valence-electron chi connectivity index (χ4n) is 4.05. The molecule has 1 heterocycles. The maximum atomic E-state index is 13.9. The maximum absolute atomic E-state index is 13.9. The van der Waals surface area contributed by atoms with Crippen LogP contribution in [0, 0.1) is 0 Å². The summed E-state index contributed by atoms with van der Waals surface area (Å²) in [5.41, 5.74) is 0. The van der Waals surface area contributed by atoms with E-state index in [9.17, 15) is 8.42 Å². The third kappa shape index (κ3) is 3.15. The van der Waals surface area contributed by atoms with Crippen LogP contribution in [-0.4, -0.2) is 22.6 Å². The molecule has 32 heavy (non-hydrogen) atoms. The predicted octanol–water partition coefficient (Wildman–Crippen LogP) is 6.58. The van der Waals surface area contributed by atoms with Crippen molar-refractivity contribution in [2.45, 2.75) is 9.79 Å². The SMILES string of the molecule is COc1cc(OC)c(S(=O)(=O)c2ccccc2)c(-[s+]2c3ccccc3c3ccccc32)c1. The molecule has 5 rings (SSSR count). The van der Waals surface area contributed by atoms with Crippen LogP contribution in [0.15, 0.2) is 101 Å². The fraction of sp³-hybridized carbons (Fsp3) is 0.0769. The molecule has 6 heteroatoms. The van der Waals surface area contributed by atoms with E-state index in [0.717, 1.165) is 20.2 Å². The Kier molecular flexibility index (Phi) is 5.12. The van der Waals surface area contributed by atoms with E-state index in [1.165, 1.54) is 7.11 Å². The lowest BCUT2D eigenvalue weighted by molar-refractivity contribution is 0.387. The molecule has 0 unspecified atom stereocenters. The number of hydrogen-bond donors (Lipinski definition) is 0. The first kappa shape index (κ1) is 20.5. The quantitative estimate of drug-likeness (QED) is 0.277. The normalized spacial score (nSPS) is 11.7. The fourth-order valence-corrected chi connectivity index (χ4v) is 8.56. The second-order valence-corrected chi connectivity index (χ2v) is 11.1. The number of benzene rings is 4. The van der Waals surface area contributed by atoms with E-state index in [1.54, 1.807) is 43.5 Å². The van der Waals surface area contributed by atoms with E-state index in [0.29, 0.717) is 10.6 Å². The summed E-state index contributed by atoms with van der Waals surface area (Å²) in [6, 6.07) is 28.3. The van der Waals surface area contributed by atoms with Gasteiger partial charge in [0.1, 0.15) is 11.5 Å². The summed E-state index contributed by atoms with van der Waals surface area (Å²) in [4.78, 5) is 1.08. The van der Waals surface area contributed by atoms with Gasteiger partial charge in [-0.2, -0.15) is 0 Å². The summed E-state index contributed by atoms with van der Waals surface area (Å²) in [5.74, 6) is 0.829. The molecule has 0 atom stereocenters. The monoisotopic (exact) mass is 461 g/mol. The van der Waals surface area contributed by atoms with Gasteiger partial charge in [-0.05, 0) is 36.4 Å². The molecule has 0 saturated heterocycles. The lowest BCUT2D eigenvalue weighted by atomic mass is 10.2. The van der Waals surface area contributed by atoms with Crippen LogP contribution in [0.2, 0.25) is 0 Å². The first-order valence-corrected chi connectivity index (χ1v) is 12.8. The molecule has 0 amide bonds. The molecule has 0 aliphatic rings. The van der Waals surface area contributed by atoms with Crippen molar-refractivity contribution in [2.24, 2.45) is 0 Å². The molecule has 160 valence electrons. The van der Waals surface area contributed by atoms with Crippen molar-refractivity contribution < 1.29 is 17.9 Å². The van der Waals surface area contributed by atoms with Gasteiger partial charge in [0.05, 0.1) is 19.1 Å². The van der Waals surface area contributed by atoms with Crippen LogP contribution in [-0.2, 0) is 9.84 Å². The number of ether oxygens (including phenoxy) is 2. The Labute approximate surface area is 189 Å². The Bertz CT molecular complexity index is 1500. The van der Waals surface area contributed by atoms with E-state index in [2.05, 4.69) is 24.3 Å². The predicted molar refractivity (Wildman–Crippen MR) is 130 cm³/mol. The second kappa shape index (κ2) is 7.97. The molecule has 5 aromatic rings. The maximum Gasteiger partial charge on any atom is 0.215 e. The Morgan fingerprint density at radius 1 is 0.688 bits per heavy atom. The molecule has 0 spiro atoms. The standard InChI is InChI=1S/C26H21O4S2/c1-29-18-16-22(30-2)26(32(27,28)19-10-4-3-5-11-19)25(17-18)31-23-14-8-6-12-20(23)21-13-7-9-15-24(21)31/h3-17H,1-2H3/q+1. The van der Waals surface area contributed by atoms with Crippen LogP contribution in [0.5, 0.6) is 11.5 Å². The third-order valence-corrected chi connectivity index (χ3v) is 9.83. The van der Waals surface area contributed by atoms with E-state index in [1.807, 2.05) is 30.3 Å². The molecular weight excluding hydrogens is 440 g/mol. The molecule has 0 radical (unpaired) electrons. The van der Waals surface area contributed by atoms with Crippen LogP contribution in [0.4, 0.5) is 0 Å². The molecule has 0 N–H and O–H groups in total. The summed E-state index contributed by atoms with van der Waals surface area (Å²) in [6.07, 6.45) is 0. The molecular formula is C26H21O4S2+. The summed E-state index contributed by atoms with van der Waals surface area (Å²) < 4.78 is 41.1. The molecule has 4 aromatic carbocycles. The van der Waals surface area contributed by atoms with Crippen LogP contribution in [0.3, 0.4) is 0 Å². The molecule has 1 aromatic heterocycles. The van der Waals surface area contributed by atoms with Crippen molar-refractivity contribution in [1.29, 1.82) is 0 Å². The van der Waals surface area contributed by atoms with Gasteiger partial charge >= 0.3 is 0 Å². The number of methoxy groups -OCH3 is 2. The second-order valence-electron chi connectivity index (χ2n) is 7.27. The summed E-state index contributed by atoms with van der Waals surface area (Å²) in [7, 11) is -1.43. The summed E-state index contributed by atoms with van der Waals surface area (Å²) in [6.45, 7) is 0. The van der Waals surface area contributed by atoms with Crippen LogP contribution >= 0.6 is 10.5 Å². The molecule has 0 bridgehead atoms. The zero-order chi connectivity index (χ0) is 22.3. The Morgan fingerprint density at radius 2 is 1.25 bits per heavy atom. The zero-order valence-corrected chi connectivity index (χ0v) is 19.2. The minimum Gasteiger partial charge on any atom is -0.496 e. The van der Waals surface area contributed by atoms with Crippen molar-refractivity contribution >= 4 is 40.5 Å². The van der Waals surface area contributed by atoms with E-state index >= 15 is 0 Å². The topological polar surface area (TPSA) is 52.6 Å².